The van der Waals surface area contributed by atoms with Crippen molar-refractivity contribution in [3.63, 3.8) is 0 Å². The van der Waals surface area contributed by atoms with E-state index in [9.17, 15) is 9.59 Å². The minimum Gasteiger partial charge on any atom is -0.480 e. The molecule has 0 saturated carbocycles. The van der Waals surface area contributed by atoms with Crippen LogP contribution in [0, 0.1) is 0 Å². The van der Waals surface area contributed by atoms with Crippen LogP contribution in [0.25, 0.3) is 0 Å². The molecule has 0 aromatic heterocycles. The van der Waals surface area contributed by atoms with Crippen molar-refractivity contribution in [2.45, 2.75) is 110 Å². The van der Waals surface area contributed by atoms with E-state index >= 15 is 0 Å². The van der Waals surface area contributed by atoms with Gasteiger partial charge in [-0.3, -0.25) is 4.79 Å². The Kier molecular flexibility index (Phi) is 18.1. The van der Waals surface area contributed by atoms with Crippen LogP contribution in [-0.4, -0.2) is 46.2 Å². The Morgan fingerprint density at radius 2 is 1.36 bits per heavy atom. The second-order valence-electron chi connectivity index (χ2n) is 7.66. The zero-order valence-electron chi connectivity index (χ0n) is 18.2. The van der Waals surface area contributed by atoms with Crippen molar-refractivity contribution in [3.05, 3.63) is 12.2 Å². The summed E-state index contributed by atoms with van der Waals surface area (Å²) in [5.74, 6) is -1.21. The molecule has 2 N–H and O–H groups in total. The average Bonchev–Trinajstić information content (AvgIpc) is 2.68. The number of carbonyl (C=O) groups is 2. The zero-order chi connectivity index (χ0) is 21.0. The van der Waals surface area contributed by atoms with Gasteiger partial charge < -0.3 is 15.1 Å². The second kappa shape index (κ2) is 19.0. The van der Waals surface area contributed by atoms with Crippen molar-refractivity contribution in [2.75, 3.05) is 13.2 Å². The number of unbranched alkanes of at least 4 members (excludes halogenated alkanes) is 11. The molecule has 164 valence electrons. The van der Waals surface area contributed by atoms with E-state index in [1.807, 2.05) is 0 Å². The fourth-order valence-electron chi connectivity index (χ4n) is 3.27. The molecule has 5 nitrogen and oxygen atoms in total. The number of carboxylic acid groups (broad SMARTS) is 1. The van der Waals surface area contributed by atoms with Gasteiger partial charge in [-0.05, 0) is 39.0 Å². The van der Waals surface area contributed by atoms with Gasteiger partial charge in [-0.2, -0.15) is 0 Å². The number of allylic oxidation sites excluding steroid dienone is 2. The van der Waals surface area contributed by atoms with Gasteiger partial charge in [-0.15, -0.1) is 0 Å². The van der Waals surface area contributed by atoms with Crippen LogP contribution in [0.2, 0.25) is 0 Å². The largest absolute Gasteiger partial charge is 0.480 e. The molecule has 1 amide bonds. The van der Waals surface area contributed by atoms with Crippen LogP contribution in [0.4, 0.5) is 0 Å². The molecule has 0 bridgehead atoms. The van der Waals surface area contributed by atoms with Crippen LogP contribution >= 0.6 is 0 Å². The predicted molar refractivity (Wildman–Crippen MR) is 115 cm³/mol. The van der Waals surface area contributed by atoms with Crippen molar-refractivity contribution < 1.29 is 19.8 Å². The number of hydrogen-bond acceptors (Lipinski definition) is 3. The van der Waals surface area contributed by atoms with E-state index < -0.39 is 12.0 Å². The molecule has 0 spiro atoms. The maximum absolute atomic E-state index is 12.2. The summed E-state index contributed by atoms with van der Waals surface area (Å²) in [6.45, 7) is 3.60. The van der Waals surface area contributed by atoms with E-state index in [1.54, 1.807) is 0 Å². The van der Waals surface area contributed by atoms with Gasteiger partial charge in [-0.25, -0.2) is 4.79 Å². The molecule has 0 radical (unpaired) electrons. The summed E-state index contributed by atoms with van der Waals surface area (Å²) in [5, 5.41) is 18.1. The molecule has 0 aromatic rings. The Bertz CT molecular complexity index is 423. The quantitative estimate of drug-likeness (QED) is 0.228. The Hall–Kier alpha value is -1.36. The number of rotatable bonds is 19. The lowest BCUT2D eigenvalue weighted by molar-refractivity contribution is -0.149. The molecular formula is C23H43NO4. The van der Waals surface area contributed by atoms with Gasteiger partial charge in [0.15, 0.2) is 0 Å². The average molecular weight is 398 g/mol. The fourth-order valence-corrected chi connectivity index (χ4v) is 3.27. The number of carboxylic acids is 1. The minimum atomic E-state index is -1.04. The maximum Gasteiger partial charge on any atom is 0.326 e. The number of aliphatic carboxylic acids is 1. The van der Waals surface area contributed by atoms with Crippen LogP contribution in [0.15, 0.2) is 12.2 Å². The molecule has 0 rings (SSSR count). The highest BCUT2D eigenvalue weighted by molar-refractivity contribution is 5.83. The summed E-state index contributed by atoms with van der Waals surface area (Å²) < 4.78 is 0. The van der Waals surface area contributed by atoms with Crippen molar-refractivity contribution in [2.24, 2.45) is 0 Å². The van der Waals surface area contributed by atoms with Crippen LogP contribution < -0.4 is 0 Å². The first-order valence-electron chi connectivity index (χ1n) is 11.3. The molecule has 0 aliphatic heterocycles. The third-order valence-corrected chi connectivity index (χ3v) is 5.14. The molecule has 0 saturated heterocycles. The molecule has 5 heteroatoms. The summed E-state index contributed by atoms with van der Waals surface area (Å²) in [5.41, 5.74) is 0. The van der Waals surface area contributed by atoms with Crippen molar-refractivity contribution in [3.8, 4) is 0 Å². The SMILES string of the molecule is CCCCCCCC/C=C\CCCCCCCC(=O)N(CCO)[C@@H](C)C(=O)O. The highest BCUT2D eigenvalue weighted by Crippen LogP contribution is 2.11. The van der Waals surface area contributed by atoms with Crippen molar-refractivity contribution in [1.82, 2.24) is 4.90 Å². The summed E-state index contributed by atoms with van der Waals surface area (Å²) in [6.07, 6.45) is 20.6. The fraction of sp³-hybridized carbons (Fsp3) is 0.826. The molecule has 0 unspecified atom stereocenters. The van der Waals surface area contributed by atoms with E-state index in [1.165, 1.54) is 69.6 Å². The maximum atomic E-state index is 12.2. The molecule has 0 aromatic carbocycles. The third-order valence-electron chi connectivity index (χ3n) is 5.14. The van der Waals surface area contributed by atoms with Crippen LogP contribution in [-0.2, 0) is 9.59 Å². The van der Waals surface area contributed by atoms with E-state index in [-0.39, 0.29) is 19.1 Å². The number of aliphatic hydroxyl groups excluding tert-OH is 1. The summed E-state index contributed by atoms with van der Waals surface area (Å²) in [4.78, 5) is 24.5. The van der Waals surface area contributed by atoms with Gasteiger partial charge in [0.05, 0.1) is 6.61 Å². The second-order valence-corrected chi connectivity index (χ2v) is 7.66. The molecule has 28 heavy (non-hydrogen) atoms. The van der Waals surface area contributed by atoms with Crippen LogP contribution in [0.3, 0.4) is 0 Å². The first-order valence-corrected chi connectivity index (χ1v) is 11.3. The Balaban J connectivity index is 3.61. The number of carbonyl (C=O) groups excluding carboxylic acids is 1. The van der Waals surface area contributed by atoms with Crippen molar-refractivity contribution >= 4 is 11.9 Å². The normalized spacial score (nSPS) is 12.4. The lowest BCUT2D eigenvalue weighted by Gasteiger charge is -2.25. The highest BCUT2D eigenvalue weighted by atomic mass is 16.4. The van der Waals surface area contributed by atoms with Gasteiger partial charge in [0, 0.05) is 13.0 Å². The first-order chi connectivity index (χ1) is 13.5. The Labute approximate surface area is 172 Å². The highest BCUT2D eigenvalue weighted by Gasteiger charge is 2.24. The number of amides is 1. The first kappa shape index (κ1) is 26.6. The van der Waals surface area contributed by atoms with Crippen LogP contribution in [0.5, 0.6) is 0 Å². The van der Waals surface area contributed by atoms with Gasteiger partial charge in [0.1, 0.15) is 6.04 Å². The Morgan fingerprint density at radius 3 is 1.86 bits per heavy atom. The molecular weight excluding hydrogens is 354 g/mol. The standard InChI is InChI=1S/C23H43NO4/c1-3-4-5-6-7-8-9-10-11-12-13-14-15-16-17-18-22(26)24(19-20-25)21(2)23(27)28/h10-11,21,25H,3-9,12-20H2,1-2H3,(H,27,28)/b11-10-/t21-/m0/s1. The Morgan fingerprint density at radius 1 is 0.857 bits per heavy atom. The third kappa shape index (κ3) is 14.7. The molecule has 0 fully saturated rings. The number of nitrogens with zero attached hydrogens (tertiary/aromatic N) is 1. The zero-order valence-corrected chi connectivity index (χ0v) is 18.2. The van der Waals surface area contributed by atoms with E-state index in [2.05, 4.69) is 19.1 Å². The van der Waals surface area contributed by atoms with Gasteiger partial charge in [0.25, 0.3) is 0 Å². The lowest BCUT2D eigenvalue weighted by Crippen LogP contribution is -2.44. The van der Waals surface area contributed by atoms with E-state index in [0.29, 0.717) is 6.42 Å². The smallest absolute Gasteiger partial charge is 0.326 e. The van der Waals surface area contributed by atoms with Crippen LogP contribution in [0.1, 0.15) is 104 Å². The predicted octanol–water partition coefficient (Wildman–Crippen LogP) is 5.32. The lowest BCUT2D eigenvalue weighted by atomic mass is 10.1. The van der Waals surface area contributed by atoms with Gasteiger partial charge in [-0.1, -0.05) is 70.4 Å². The molecule has 0 heterocycles. The summed E-state index contributed by atoms with van der Waals surface area (Å²) in [7, 11) is 0. The van der Waals surface area contributed by atoms with Crippen molar-refractivity contribution in [1.29, 1.82) is 0 Å². The molecule has 0 aliphatic carbocycles. The molecule has 1 atom stereocenters. The molecule has 0 aliphatic rings. The van der Waals surface area contributed by atoms with Gasteiger partial charge >= 0.3 is 5.97 Å². The summed E-state index contributed by atoms with van der Waals surface area (Å²) >= 11 is 0. The topological polar surface area (TPSA) is 77.8 Å². The minimum absolute atomic E-state index is 0.0807. The number of aliphatic hydroxyl groups is 1. The number of hydrogen-bond donors (Lipinski definition) is 2. The van der Waals surface area contributed by atoms with E-state index in [0.717, 1.165) is 25.7 Å². The summed E-state index contributed by atoms with van der Waals surface area (Å²) in [6, 6.07) is -0.886. The monoisotopic (exact) mass is 397 g/mol. The van der Waals surface area contributed by atoms with Gasteiger partial charge in [0.2, 0.25) is 5.91 Å². The van der Waals surface area contributed by atoms with E-state index in [4.69, 9.17) is 10.2 Å².